The van der Waals surface area contributed by atoms with Crippen molar-refractivity contribution in [2.45, 2.75) is 40.2 Å². The average molecular weight is 400 g/mol. The summed E-state index contributed by atoms with van der Waals surface area (Å²) in [6.07, 6.45) is 5.82. The highest BCUT2D eigenvalue weighted by Gasteiger charge is 2.24. The predicted octanol–water partition coefficient (Wildman–Crippen LogP) is 2.35. The number of aromatic nitrogens is 4. The van der Waals surface area contributed by atoms with Crippen LogP contribution in [0.5, 0.6) is 0 Å². The van der Waals surface area contributed by atoms with Gasteiger partial charge in [-0.25, -0.2) is 4.98 Å². The van der Waals surface area contributed by atoms with Crippen molar-refractivity contribution in [3.63, 3.8) is 0 Å². The van der Waals surface area contributed by atoms with Crippen LogP contribution >= 0.6 is 0 Å². The van der Waals surface area contributed by atoms with Crippen LogP contribution in [0.1, 0.15) is 33.6 Å². The van der Waals surface area contributed by atoms with Crippen molar-refractivity contribution in [2.24, 2.45) is 5.92 Å². The lowest BCUT2D eigenvalue weighted by molar-refractivity contribution is -0.133. The molecule has 8 nitrogen and oxygen atoms in total. The molecule has 1 aliphatic rings. The third kappa shape index (κ3) is 5.76. The number of amides is 1. The zero-order chi connectivity index (χ0) is 20.6. The van der Waals surface area contributed by atoms with Crippen LogP contribution in [-0.2, 0) is 11.3 Å². The van der Waals surface area contributed by atoms with Gasteiger partial charge in [0.1, 0.15) is 11.5 Å². The van der Waals surface area contributed by atoms with Crippen LogP contribution in [0.3, 0.4) is 0 Å². The Bertz CT molecular complexity index is 779. The van der Waals surface area contributed by atoms with Gasteiger partial charge in [-0.2, -0.15) is 0 Å². The summed E-state index contributed by atoms with van der Waals surface area (Å²) >= 11 is 0. The summed E-state index contributed by atoms with van der Waals surface area (Å²) < 4.78 is 1.93. The Kier molecular flexibility index (Phi) is 7.57. The van der Waals surface area contributed by atoms with Crippen molar-refractivity contribution < 1.29 is 4.79 Å². The van der Waals surface area contributed by atoms with Gasteiger partial charge in [-0.1, -0.05) is 19.1 Å². The molecule has 0 atom stereocenters. The van der Waals surface area contributed by atoms with E-state index in [0.29, 0.717) is 12.5 Å². The standard InChI is InChI=1S/C21H33N7O/c1-4-22-20-13-18(7-10-23-20)19-15-28(25-24-19)14-17-8-11-27(12-9-17)21(29)16-26(5-2)6-3/h7,10,13,15,17H,4-6,8-9,11-12,14,16H2,1-3H3,(H,22,23). The predicted molar refractivity (Wildman–Crippen MR) is 115 cm³/mol. The summed E-state index contributed by atoms with van der Waals surface area (Å²) in [7, 11) is 0. The second-order valence-corrected chi connectivity index (χ2v) is 7.57. The Balaban J connectivity index is 1.51. The lowest BCUT2D eigenvalue weighted by atomic mass is 9.97. The van der Waals surface area contributed by atoms with Crippen molar-refractivity contribution in [3.05, 3.63) is 24.5 Å². The molecular weight excluding hydrogens is 366 g/mol. The Morgan fingerprint density at radius 1 is 1.24 bits per heavy atom. The largest absolute Gasteiger partial charge is 0.370 e. The lowest BCUT2D eigenvalue weighted by Gasteiger charge is -2.33. The van der Waals surface area contributed by atoms with Crippen LogP contribution in [-0.4, -0.2) is 75.0 Å². The molecule has 0 radical (unpaired) electrons. The number of nitrogens with zero attached hydrogens (tertiary/aromatic N) is 6. The van der Waals surface area contributed by atoms with Crippen molar-refractivity contribution in [3.8, 4) is 11.3 Å². The Morgan fingerprint density at radius 3 is 2.69 bits per heavy atom. The molecule has 1 N–H and O–H groups in total. The highest BCUT2D eigenvalue weighted by atomic mass is 16.2. The highest BCUT2D eigenvalue weighted by Crippen LogP contribution is 2.22. The van der Waals surface area contributed by atoms with Crippen molar-refractivity contribution in [1.82, 2.24) is 29.8 Å². The van der Waals surface area contributed by atoms with E-state index in [1.165, 1.54) is 0 Å². The van der Waals surface area contributed by atoms with E-state index in [-0.39, 0.29) is 5.91 Å². The molecule has 8 heteroatoms. The zero-order valence-electron chi connectivity index (χ0n) is 17.8. The number of hydrogen-bond donors (Lipinski definition) is 1. The fourth-order valence-electron chi connectivity index (χ4n) is 3.76. The Morgan fingerprint density at radius 2 is 2.00 bits per heavy atom. The van der Waals surface area contributed by atoms with E-state index in [1.807, 2.05) is 34.8 Å². The van der Waals surface area contributed by atoms with Gasteiger partial charge in [-0.15, -0.1) is 5.10 Å². The summed E-state index contributed by atoms with van der Waals surface area (Å²) in [6, 6.07) is 3.95. The maximum absolute atomic E-state index is 12.5. The molecule has 3 heterocycles. The molecule has 29 heavy (non-hydrogen) atoms. The van der Waals surface area contributed by atoms with Crippen LogP contribution in [0.4, 0.5) is 5.82 Å². The van der Waals surface area contributed by atoms with Gasteiger partial charge in [0.05, 0.1) is 12.7 Å². The molecule has 0 aromatic carbocycles. The first-order valence-electron chi connectivity index (χ1n) is 10.7. The van der Waals surface area contributed by atoms with E-state index >= 15 is 0 Å². The Hall–Kier alpha value is -2.48. The first kappa shape index (κ1) is 21.2. The SMILES string of the molecule is CCNc1cc(-c2cn(CC3CCN(C(=O)CN(CC)CC)CC3)nn2)ccn1. The van der Waals surface area contributed by atoms with Gasteiger partial charge in [-0.05, 0) is 50.9 Å². The van der Waals surface area contributed by atoms with Gasteiger partial charge in [0.2, 0.25) is 5.91 Å². The van der Waals surface area contributed by atoms with Gasteiger partial charge in [-0.3, -0.25) is 14.4 Å². The molecule has 1 saturated heterocycles. The molecule has 0 saturated carbocycles. The maximum Gasteiger partial charge on any atom is 0.236 e. The molecule has 3 rings (SSSR count). The van der Waals surface area contributed by atoms with Crippen LogP contribution in [0, 0.1) is 5.92 Å². The fourth-order valence-corrected chi connectivity index (χ4v) is 3.76. The monoisotopic (exact) mass is 399 g/mol. The summed E-state index contributed by atoms with van der Waals surface area (Å²) in [5.41, 5.74) is 1.87. The van der Waals surface area contributed by atoms with Crippen LogP contribution in [0.2, 0.25) is 0 Å². The van der Waals surface area contributed by atoms with Gasteiger partial charge in [0, 0.05) is 37.9 Å². The van der Waals surface area contributed by atoms with Crippen molar-refractivity contribution in [2.75, 3.05) is 44.6 Å². The first-order chi connectivity index (χ1) is 14.1. The minimum atomic E-state index is 0.254. The van der Waals surface area contributed by atoms with Crippen molar-refractivity contribution in [1.29, 1.82) is 0 Å². The molecule has 158 valence electrons. The molecule has 1 aliphatic heterocycles. The molecule has 0 spiro atoms. The molecular formula is C21H33N7O. The van der Waals surface area contributed by atoms with Gasteiger partial charge < -0.3 is 10.2 Å². The quantitative estimate of drug-likeness (QED) is 0.697. The number of hydrogen-bond acceptors (Lipinski definition) is 6. The molecule has 2 aromatic rings. The normalized spacial score (nSPS) is 15.1. The topological polar surface area (TPSA) is 79.2 Å². The highest BCUT2D eigenvalue weighted by molar-refractivity contribution is 5.78. The van der Waals surface area contributed by atoms with E-state index < -0.39 is 0 Å². The van der Waals surface area contributed by atoms with Crippen LogP contribution < -0.4 is 5.32 Å². The minimum Gasteiger partial charge on any atom is -0.370 e. The number of pyridine rings is 1. The van der Waals surface area contributed by atoms with E-state index in [1.54, 1.807) is 6.20 Å². The summed E-state index contributed by atoms with van der Waals surface area (Å²) in [5.74, 6) is 1.63. The second kappa shape index (κ2) is 10.3. The summed E-state index contributed by atoms with van der Waals surface area (Å²) in [4.78, 5) is 21.0. The number of carbonyl (C=O) groups is 1. The number of likely N-dealkylation sites (N-methyl/N-ethyl adjacent to an activating group) is 1. The number of likely N-dealkylation sites (tertiary alicyclic amines) is 1. The number of piperidine rings is 1. The second-order valence-electron chi connectivity index (χ2n) is 7.57. The number of rotatable bonds is 9. The molecule has 0 unspecified atom stereocenters. The third-order valence-corrected chi connectivity index (χ3v) is 5.62. The van der Waals surface area contributed by atoms with Crippen molar-refractivity contribution >= 4 is 11.7 Å². The molecule has 1 amide bonds. The number of nitrogens with one attached hydrogen (secondary N) is 1. The smallest absolute Gasteiger partial charge is 0.236 e. The van der Waals surface area contributed by atoms with Gasteiger partial charge in [0.15, 0.2) is 0 Å². The number of anilines is 1. The van der Waals surface area contributed by atoms with E-state index in [4.69, 9.17) is 0 Å². The molecule has 1 fully saturated rings. The number of carbonyl (C=O) groups excluding carboxylic acids is 1. The van der Waals surface area contributed by atoms with E-state index in [0.717, 1.165) is 69.2 Å². The van der Waals surface area contributed by atoms with E-state index in [2.05, 4.69) is 39.4 Å². The zero-order valence-corrected chi connectivity index (χ0v) is 17.8. The summed E-state index contributed by atoms with van der Waals surface area (Å²) in [5, 5.41) is 11.9. The molecule has 0 bridgehead atoms. The molecule has 2 aromatic heterocycles. The minimum absolute atomic E-state index is 0.254. The van der Waals surface area contributed by atoms with Crippen LogP contribution in [0.15, 0.2) is 24.5 Å². The van der Waals surface area contributed by atoms with E-state index in [9.17, 15) is 4.79 Å². The first-order valence-corrected chi connectivity index (χ1v) is 10.7. The fraction of sp³-hybridized carbons (Fsp3) is 0.619. The van der Waals surface area contributed by atoms with Gasteiger partial charge in [0.25, 0.3) is 0 Å². The lowest BCUT2D eigenvalue weighted by Crippen LogP contribution is -2.44. The molecule has 0 aliphatic carbocycles. The Labute approximate surface area is 173 Å². The summed E-state index contributed by atoms with van der Waals surface area (Å²) in [6.45, 7) is 12.0. The van der Waals surface area contributed by atoms with Crippen LogP contribution in [0.25, 0.3) is 11.3 Å². The third-order valence-electron chi connectivity index (χ3n) is 5.62. The van der Waals surface area contributed by atoms with Gasteiger partial charge >= 0.3 is 0 Å². The average Bonchev–Trinajstić information content (AvgIpc) is 3.21. The maximum atomic E-state index is 12.5.